The van der Waals surface area contributed by atoms with E-state index in [1.807, 2.05) is 26.0 Å². The van der Waals surface area contributed by atoms with Gasteiger partial charge in [0.1, 0.15) is 5.75 Å². The molecule has 0 bridgehead atoms. The van der Waals surface area contributed by atoms with E-state index in [0.717, 1.165) is 17.4 Å². The minimum Gasteiger partial charge on any atom is -0.507 e. The largest absolute Gasteiger partial charge is 0.507 e. The predicted octanol–water partition coefficient (Wildman–Crippen LogP) is 2.81. The van der Waals surface area contributed by atoms with E-state index in [0.29, 0.717) is 11.1 Å². The molecular formula is C12H13NO2. The number of rotatable bonds is 2. The van der Waals surface area contributed by atoms with Crippen molar-refractivity contribution in [3.63, 3.8) is 0 Å². The van der Waals surface area contributed by atoms with Crippen LogP contribution < -0.4 is 0 Å². The van der Waals surface area contributed by atoms with Crippen molar-refractivity contribution in [2.24, 2.45) is 0 Å². The molecule has 2 N–H and O–H groups in total. The lowest BCUT2D eigenvalue weighted by Gasteiger charge is -2.08. The molecule has 0 fully saturated rings. The number of H-pyrrole nitrogens is 1. The molecule has 0 saturated carbocycles. The molecule has 0 saturated heterocycles. The first-order chi connectivity index (χ1) is 7.13. The second-order valence-corrected chi connectivity index (χ2v) is 3.96. The first-order valence-electron chi connectivity index (χ1n) is 4.93. The minimum atomic E-state index is 0.268. The quantitative estimate of drug-likeness (QED) is 0.737. The minimum absolute atomic E-state index is 0.268. The smallest absolute Gasteiger partial charge is 0.166 e. The van der Waals surface area contributed by atoms with E-state index >= 15 is 0 Å². The van der Waals surface area contributed by atoms with Gasteiger partial charge in [-0.25, -0.2) is 0 Å². The number of benzene rings is 1. The lowest BCUT2D eigenvalue weighted by atomic mass is 10.0. The van der Waals surface area contributed by atoms with Crippen LogP contribution in [-0.4, -0.2) is 16.4 Å². The molecule has 15 heavy (non-hydrogen) atoms. The Morgan fingerprint density at radius 3 is 2.73 bits per heavy atom. The molecule has 0 atom stereocenters. The van der Waals surface area contributed by atoms with Crippen LogP contribution in [0, 0.1) is 0 Å². The van der Waals surface area contributed by atoms with Crippen LogP contribution in [0.4, 0.5) is 0 Å². The molecule has 3 heteroatoms. The number of carbonyl (C=O) groups excluding carboxylic acids is 1. The summed E-state index contributed by atoms with van der Waals surface area (Å²) in [5.74, 6) is 0.538. The number of phenols is 1. The summed E-state index contributed by atoms with van der Waals surface area (Å²) in [6.07, 6.45) is 0.745. The van der Waals surface area contributed by atoms with Crippen LogP contribution in [-0.2, 0) is 0 Å². The van der Waals surface area contributed by atoms with Gasteiger partial charge in [0.2, 0.25) is 0 Å². The summed E-state index contributed by atoms with van der Waals surface area (Å²) in [4.78, 5) is 13.5. The van der Waals surface area contributed by atoms with E-state index in [2.05, 4.69) is 4.98 Å². The molecule has 0 radical (unpaired) electrons. The van der Waals surface area contributed by atoms with Gasteiger partial charge in [-0.05, 0) is 23.6 Å². The highest BCUT2D eigenvalue weighted by Gasteiger charge is 2.11. The van der Waals surface area contributed by atoms with E-state index in [-0.39, 0.29) is 11.7 Å². The van der Waals surface area contributed by atoms with E-state index in [1.165, 1.54) is 0 Å². The standard InChI is InChI=1S/C12H13NO2/c1-7(2)9-3-4-11-10(12(9)15)5-8(6-14)13-11/h3-7,13,15H,1-2H3. The summed E-state index contributed by atoms with van der Waals surface area (Å²) < 4.78 is 0. The van der Waals surface area contributed by atoms with Gasteiger partial charge in [0.15, 0.2) is 6.29 Å². The van der Waals surface area contributed by atoms with Crippen LogP contribution in [0.5, 0.6) is 5.75 Å². The van der Waals surface area contributed by atoms with E-state index < -0.39 is 0 Å². The summed E-state index contributed by atoms with van der Waals surface area (Å²) in [6, 6.07) is 5.44. The molecule has 2 rings (SSSR count). The Labute approximate surface area is 87.7 Å². The van der Waals surface area contributed by atoms with Gasteiger partial charge in [-0.15, -0.1) is 0 Å². The molecule has 2 aromatic rings. The summed E-state index contributed by atoms with van der Waals surface area (Å²) >= 11 is 0. The Hall–Kier alpha value is -1.77. The molecule has 1 heterocycles. The Morgan fingerprint density at radius 2 is 2.13 bits per heavy atom. The highest BCUT2D eigenvalue weighted by Crippen LogP contribution is 2.33. The summed E-state index contributed by atoms with van der Waals surface area (Å²) in [7, 11) is 0. The highest BCUT2D eigenvalue weighted by molar-refractivity contribution is 5.92. The summed E-state index contributed by atoms with van der Waals surface area (Å²) in [5, 5.41) is 10.7. The topological polar surface area (TPSA) is 53.1 Å². The molecule has 0 aliphatic rings. The van der Waals surface area contributed by atoms with Crippen LogP contribution in [0.15, 0.2) is 18.2 Å². The van der Waals surface area contributed by atoms with Crippen molar-refractivity contribution in [3.8, 4) is 5.75 Å². The molecule has 0 spiro atoms. The van der Waals surface area contributed by atoms with Crippen molar-refractivity contribution in [3.05, 3.63) is 29.5 Å². The zero-order chi connectivity index (χ0) is 11.0. The first kappa shape index (κ1) is 9.77. The van der Waals surface area contributed by atoms with E-state index in [9.17, 15) is 9.90 Å². The number of phenolic OH excluding ortho intramolecular Hbond substituents is 1. The maximum absolute atomic E-state index is 10.6. The average molecular weight is 203 g/mol. The second-order valence-electron chi connectivity index (χ2n) is 3.96. The molecule has 1 aromatic carbocycles. The Balaban J connectivity index is 2.72. The van der Waals surface area contributed by atoms with Crippen molar-refractivity contribution in [1.29, 1.82) is 0 Å². The van der Waals surface area contributed by atoms with Gasteiger partial charge in [0, 0.05) is 10.9 Å². The fourth-order valence-corrected chi connectivity index (χ4v) is 1.76. The Kier molecular flexibility index (Phi) is 2.23. The van der Waals surface area contributed by atoms with E-state index in [1.54, 1.807) is 6.07 Å². The van der Waals surface area contributed by atoms with Crippen LogP contribution in [0.25, 0.3) is 10.9 Å². The summed E-state index contributed by atoms with van der Waals surface area (Å²) in [6.45, 7) is 4.04. The molecular weight excluding hydrogens is 190 g/mol. The van der Waals surface area contributed by atoms with Crippen LogP contribution in [0.3, 0.4) is 0 Å². The van der Waals surface area contributed by atoms with Gasteiger partial charge >= 0.3 is 0 Å². The number of aldehydes is 1. The fraction of sp³-hybridized carbons (Fsp3) is 0.250. The number of nitrogens with one attached hydrogen (secondary N) is 1. The number of aromatic amines is 1. The van der Waals surface area contributed by atoms with Crippen molar-refractivity contribution in [1.82, 2.24) is 4.98 Å². The van der Waals surface area contributed by atoms with Crippen molar-refractivity contribution in [2.75, 3.05) is 0 Å². The van der Waals surface area contributed by atoms with Crippen LogP contribution >= 0.6 is 0 Å². The van der Waals surface area contributed by atoms with Crippen molar-refractivity contribution >= 4 is 17.2 Å². The number of fused-ring (bicyclic) bond motifs is 1. The van der Waals surface area contributed by atoms with Gasteiger partial charge < -0.3 is 10.1 Å². The van der Waals surface area contributed by atoms with Crippen LogP contribution in [0.2, 0.25) is 0 Å². The normalized spacial score (nSPS) is 11.1. The maximum atomic E-state index is 10.6. The van der Waals surface area contributed by atoms with Gasteiger partial charge in [-0.2, -0.15) is 0 Å². The number of carbonyl (C=O) groups is 1. The molecule has 0 aliphatic heterocycles. The van der Waals surface area contributed by atoms with E-state index in [4.69, 9.17) is 0 Å². The number of hydrogen-bond donors (Lipinski definition) is 2. The zero-order valence-corrected chi connectivity index (χ0v) is 8.74. The fourth-order valence-electron chi connectivity index (χ4n) is 1.76. The van der Waals surface area contributed by atoms with Gasteiger partial charge in [-0.3, -0.25) is 4.79 Å². The maximum Gasteiger partial charge on any atom is 0.166 e. The molecule has 3 nitrogen and oxygen atoms in total. The lowest BCUT2D eigenvalue weighted by Crippen LogP contribution is -1.87. The molecule has 0 unspecified atom stereocenters. The third-order valence-electron chi connectivity index (χ3n) is 2.58. The number of hydrogen-bond acceptors (Lipinski definition) is 2. The average Bonchev–Trinajstić information content (AvgIpc) is 2.61. The predicted molar refractivity (Wildman–Crippen MR) is 59.4 cm³/mol. The lowest BCUT2D eigenvalue weighted by molar-refractivity contribution is 0.112. The molecule has 0 amide bonds. The van der Waals surface area contributed by atoms with Crippen molar-refractivity contribution in [2.45, 2.75) is 19.8 Å². The third-order valence-corrected chi connectivity index (χ3v) is 2.58. The Morgan fingerprint density at radius 1 is 1.40 bits per heavy atom. The number of aromatic nitrogens is 1. The van der Waals surface area contributed by atoms with Crippen LogP contribution in [0.1, 0.15) is 35.8 Å². The molecule has 78 valence electrons. The van der Waals surface area contributed by atoms with Gasteiger partial charge in [0.25, 0.3) is 0 Å². The molecule has 0 aliphatic carbocycles. The van der Waals surface area contributed by atoms with Crippen molar-refractivity contribution < 1.29 is 9.90 Å². The van der Waals surface area contributed by atoms with Gasteiger partial charge in [-0.1, -0.05) is 19.9 Å². The second kappa shape index (κ2) is 3.42. The summed E-state index contributed by atoms with van der Waals surface area (Å²) in [5.41, 5.74) is 2.18. The number of aromatic hydroxyl groups is 1. The SMILES string of the molecule is CC(C)c1ccc2[nH]c(C=O)cc2c1O. The monoisotopic (exact) mass is 203 g/mol. The molecule has 1 aromatic heterocycles. The highest BCUT2D eigenvalue weighted by atomic mass is 16.3. The Bertz CT molecular complexity index is 512. The zero-order valence-electron chi connectivity index (χ0n) is 8.74. The van der Waals surface area contributed by atoms with Gasteiger partial charge in [0.05, 0.1) is 5.69 Å². The first-order valence-corrected chi connectivity index (χ1v) is 4.93. The third kappa shape index (κ3) is 1.50.